The van der Waals surface area contributed by atoms with Crippen LogP contribution < -0.4 is 20.6 Å². The average molecular weight is 314 g/mol. The molecule has 0 aromatic heterocycles. The van der Waals surface area contributed by atoms with E-state index in [0.717, 1.165) is 17.7 Å². The van der Waals surface area contributed by atoms with Gasteiger partial charge in [0.1, 0.15) is 5.75 Å². The minimum Gasteiger partial charge on any atom is -0.493 e. The smallest absolute Gasteiger partial charge is 0.223 e. The van der Waals surface area contributed by atoms with Gasteiger partial charge in [-0.05, 0) is 42.0 Å². The Hall–Kier alpha value is -2.40. The van der Waals surface area contributed by atoms with Gasteiger partial charge in [0.05, 0.1) is 6.61 Å². The van der Waals surface area contributed by atoms with Gasteiger partial charge in [-0.25, -0.2) is 0 Å². The normalized spacial score (nSPS) is 10.4. The Balaban J connectivity index is 1.78. The van der Waals surface area contributed by atoms with E-state index in [1.807, 2.05) is 48.7 Å². The van der Waals surface area contributed by atoms with Gasteiger partial charge in [0.25, 0.3) is 0 Å². The third-order valence-electron chi connectivity index (χ3n) is 3.03. The second kappa shape index (κ2) is 8.79. The van der Waals surface area contributed by atoms with Crippen LogP contribution in [0.5, 0.6) is 5.75 Å². The molecule has 0 amide bonds. The summed E-state index contributed by atoms with van der Waals surface area (Å²) in [6, 6.07) is 18.2. The van der Waals surface area contributed by atoms with Gasteiger partial charge in [0, 0.05) is 19.0 Å². The second-order valence-electron chi connectivity index (χ2n) is 4.65. The van der Waals surface area contributed by atoms with E-state index >= 15 is 0 Å². The Labute approximate surface area is 136 Å². The van der Waals surface area contributed by atoms with Crippen molar-refractivity contribution in [1.29, 1.82) is 0 Å². The maximum absolute atomic E-state index is 5.74. The van der Waals surface area contributed by atoms with E-state index in [1.165, 1.54) is 5.56 Å². The molecule has 0 fully saturated rings. The molecule has 2 aromatic rings. The van der Waals surface area contributed by atoms with Crippen LogP contribution in [0.25, 0.3) is 0 Å². The molecule has 3 N–H and O–H groups in total. The number of thiocarbonyl (C=S) groups is 1. The number of hydrazone groups is 1. The number of ether oxygens (including phenoxy) is 1. The molecule has 4 nitrogen and oxygen atoms in total. The van der Waals surface area contributed by atoms with Gasteiger partial charge in [-0.15, -0.1) is 10.5 Å². The standard InChI is InChI=1S/C17H19N3OS/c1-18-17(22)20-19-13-15-7-9-16(10-8-15)21-12-11-14-5-3-2-4-6-14/h2-10,13H,11-12H2,1H3,(H2,18,20,22)/p+1. The number of hydrogen-bond donors (Lipinski definition) is 3. The average Bonchev–Trinajstić information content (AvgIpc) is 2.57. The van der Waals surface area contributed by atoms with Crippen molar-refractivity contribution in [3.63, 3.8) is 0 Å². The number of rotatable bonds is 6. The van der Waals surface area contributed by atoms with Crippen LogP contribution in [-0.4, -0.2) is 25.0 Å². The lowest BCUT2D eigenvalue weighted by molar-refractivity contribution is -0.500. The highest BCUT2D eigenvalue weighted by Gasteiger charge is 1.97. The quantitative estimate of drug-likeness (QED) is 0.420. The van der Waals surface area contributed by atoms with Gasteiger partial charge in [-0.2, -0.15) is 0 Å². The first-order valence-corrected chi connectivity index (χ1v) is 7.52. The Morgan fingerprint density at radius 3 is 2.55 bits per heavy atom. The molecule has 0 saturated heterocycles. The second-order valence-corrected chi connectivity index (χ2v) is 5.05. The minimum absolute atomic E-state index is 0.539. The molecule has 0 atom stereocenters. The fourth-order valence-electron chi connectivity index (χ4n) is 1.84. The zero-order valence-electron chi connectivity index (χ0n) is 12.5. The van der Waals surface area contributed by atoms with Crippen molar-refractivity contribution in [3.8, 4) is 5.75 Å². The summed E-state index contributed by atoms with van der Waals surface area (Å²) in [4.78, 5) is 0. The fourth-order valence-corrected chi connectivity index (χ4v) is 1.90. The molecule has 114 valence electrons. The van der Waals surface area contributed by atoms with Gasteiger partial charge in [0.15, 0.2) is 6.21 Å². The van der Waals surface area contributed by atoms with Crippen LogP contribution in [0.3, 0.4) is 0 Å². The highest BCUT2D eigenvalue weighted by atomic mass is 32.1. The maximum atomic E-state index is 5.74. The van der Waals surface area contributed by atoms with Gasteiger partial charge in [0.2, 0.25) is 5.11 Å². The van der Waals surface area contributed by atoms with E-state index in [9.17, 15) is 0 Å². The van der Waals surface area contributed by atoms with Gasteiger partial charge in [-0.3, -0.25) is 0 Å². The van der Waals surface area contributed by atoms with Crippen LogP contribution in [-0.2, 0) is 6.42 Å². The highest BCUT2D eigenvalue weighted by molar-refractivity contribution is 7.80. The van der Waals surface area contributed by atoms with Crippen LogP contribution in [0, 0.1) is 0 Å². The predicted octanol–water partition coefficient (Wildman–Crippen LogP) is 0.817. The lowest BCUT2D eigenvalue weighted by atomic mass is 10.2. The fraction of sp³-hybridized carbons (Fsp3) is 0.176. The zero-order chi connectivity index (χ0) is 15.6. The summed E-state index contributed by atoms with van der Waals surface area (Å²) in [5.41, 5.74) is 5.14. The monoisotopic (exact) mass is 314 g/mol. The molecule has 2 rings (SSSR count). The maximum Gasteiger partial charge on any atom is 0.223 e. The molecule has 0 heterocycles. The largest absolute Gasteiger partial charge is 0.493 e. The summed E-state index contributed by atoms with van der Waals surface area (Å²) in [6.07, 6.45) is 2.74. The molecule has 0 radical (unpaired) electrons. The molecule has 0 unspecified atom stereocenters. The Bertz CT molecular complexity index is 612. The summed E-state index contributed by atoms with van der Waals surface area (Å²) in [7, 11) is 1.76. The first kappa shape index (κ1) is 16.0. The summed E-state index contributed by atoms with van der Waals surface area (Å²) in [5.74, 6) is 0.867. The molecule has 0 aliphatic heterocycles. The van der Waals surface area contributed by atoms with Crippen LogP contribution in [0.2, 0.25) is 0 Å². The molecule has 0 bridgehead atoms. The van der Waals surface area contributed by atoms with Gasteiger partial charge in [-0.1, -0.05) is 30.3 Å². The van der Waals surface area contributed by atoms with Crippen LogP contribution in [0.4, 0.5) is 0 Å². The van der Waals surface area contributed by atoms with Crippen molar-refractivity contribution in [2.45, 2.75) is 6.42 Å². The molecular weight excluding hydrogens is 294 g/mol. The van der Waals surface area contributed by atoms with Crippen LogP contribution in [0.15, 0.2) is 54.6 Å². The summed E-state index contributed by atoms with van der Waals surface area (Å²) in [5, 5.41) is 6.27. The topological polar surface area (TPSA) is 47.3 Å². The Morgan fingerprint density at radius 2 is 1.86 bits per heavy atom. The summed E-state index contributed by atoms with van der Waals surface area (Å²) < 4.78 is 5.74. The lowest BCUT2D eigenvalue weighted by Crippen LogP contribution is -2.82. The van der Waals surface area contributed by atoms with E-state index in [1.54, 1.807) is 7.05 Å². The van der Waals surface area contributed by atoms with Crippen LogP contribution in [0.1, 0.15) is 11.1 Å². The molecule has 5 heteroatoms. The predicted molar refractivity (Wildman–Crippen MR) is 93.0 cm³/mol. The molecule has 0 aliphatic carbocycles. The van der Waals surface area contributed by atoms with E-state index < -0.39 is 0 Å². The molecule has 22 heavy (non-hydrogen) atoms. The Kier molecular flexibility index (Phi) is 6.39. The minimum atomic E-state index is 0.539. The van der Waals surface area contributed by atoms with Crippen molar-refractivity contribution in [1.82, 2.24) is 10.7 Å². The Morgan fingerprint density at radius 1 is 1.14 bits per heavy atom. The molecular formula is C17H20N3OS+. The highest BCUT2D eigenvalue weighted by Crippen LogP contribution is 2.11. The number of nitrogens with one attached hydrogen (secondary N) is 3. The summed E-state index contributed by atoms with van der Waals surface area (Å²) in [6.45, 7) is 0.670. The van der Waals surface area contributed by atoms with Crippen molar-refractivity contribution in [3.05, 3.63) is 65.7 Å². The molecule has 0 aliphatic rings. The third-order valence-corrected chi connectivity index (χ3v) is 3.34. The summed E-state index contributed by atoms with van der Waals surface area (Å²) >= 11 is 4.95. The lowest BCUT2D eigenvalue weighted by Gasteiger charge is -2.06. The van der Waals surface area contributed by atoms with Crippen molar-refractivity contribution < 1.29 is 9.84 Å². The molecule has 0 spiro atoms. The van der Waals surface area contributed by atoms with Crippen molar-refractivity contribution >= 4 is 23.5 Å². The number of hydrazine groups is 1. The van der Waals surface area contributed by atoms with E-state index in [4.69, 9.17) is 17.0 Å². The third kappa shape index (κ3) is 5.54. The van der Waals surface area contributed by atoms with Crippen LogP contribution >= 0.6 is 12.2 Å². The van der Waals surface area contributed by atoms with Gasteiger partial charge < -0.3 is 10.1 Å². The molecule has 0 saturated carbocycles. The van der Waals surface area contributed by atoms with Crippen molar-refractivity contribution in [2.75, 3.05) is 13.7 Å². The zero-order valence-corrected chi connectivity index (χ0v) is 13.3. The first-order valence-electron chi connectivity index (χ1n) is 7.11. The van der Waals surface area contributed by atoms with Gasteiger partial charge >= 0.3 is 0 Å². The van der Waals surface area contributed by atoms with E-state index in [-0.39, 0.29) is 0 Å². The van der Waals surface area contributed by atoms with Crippen molar-refractivity contribution in [2.24, 2.45) is 0 Å². The number of hydrogen-bond acceptors (Lipinski definition) is 2. The van der Waals surface area contributed by atoms with E-state index in [2.05, 4.69) is 28.0 Å². The first-order chi connectivity index (χ1) is 10.8. The molecule has 2 aromatic carbocycles. The SMILES string of the molecule is CNC(=S)N[NH+]=Cc1ccc(OCCc2ccccc2)cc1. The number of benzene rings is 2. The van der Waals surface area contributed by atoms with E-state index in [0.29, 0.717) is 11.7 Å².